The Bertz CT molecular complexity index is 412. The largest absolute Gasteiger partial charge is 0.352 e. The Balaban J connectivity index is 1.78. The maximum Gasteiger partial charge on any atom is 0.230 e. The van der Waals surface area contributed by atoms with E-state index in [4.69, 9.17) is 0 Å². The summed E-state index contributed by atoms with van der Waals surface area (Å²) in [7, 11) is 0. The summed E-state index contributed by atoms with van der Waals surface area (Å²) in [6, 6.07) is 4.24. The molecule has 0 saturated heterocycles. The molecule has 2 atom stereocenters. The number of amides is 1. The molecule has 0 spiro atoms. The van der Waals surface area contributed by atoms with Crippen molar-refractivity contribution in [3.05, 3.63) is 24.5 Å². The van der Waals surface area contributed by atoms with Crippen LogP contribution < -0.4 is 5.32 Å². The van der Waals surface area contributed by atoms with Gasteiger partial charge in [0.05, 0.1) is 5.75 Å². The molecule has 110 valence electrons. The van der Waals surface area contributed by atoms with Gasteiger partial charge in [-0.3, -0.25) is 9.78 Å². The van der Waals surface area contributed by atoms with E-state index in [9.17, 15) is 4.79 Å². The van der Waals surface area contributed by atoms with Crippen LogP contribution in [0.15, 0.2) is 29.4 Å². The molecule has 3 nitrogen and oxygen atoms in total. The van der Waals surface area contributed by atoms with Crippen molar-refractivity contribution in [2.75, 3.05) is 11.5 Å². The lowest BCUT2D eigenvalue weighted by Crippen LogP contribution is -2.44. The van der Waals surface area contributed by atoms with Crippen LogP contribution in [0.25, 0.3) is 0 Å². The standard InChI is InChI=1S/C15H22N2OS2/c1-2-19-14-6-4-3-5-13(14)17-15(18)11-20-12-7-9-16-10-8-12/h7-10,13-14H,2-6,11H2,1H3,(H,17,18)/t13-,14+/m1/s1. The second kappa shape index (κ2) is 8.57. The Labute approximate surface area is 129 Å². The van der Waals surface area contributed by atoms with Gasteiger partial charge in [0.1, 0.15) is 0 Å². The molecule has 5 heteroatoms. The first kappa shape index (κ1) is 15.7. The summed E-state index contributed by atoms with van der Waals surface area (Å²) in [6.07, 6.45) is 8.42. The van der Waals surface area contributed by atoms with Crippen molar-refractivity contribution in [1.29, 1.82) is 0 Å². The molecular formula is C15H22N2OS2. The smallest absolute Gasteiger partial charge is 0.230 e. The van der Waals surface area contributed by atoms with Gasteiger partial charge in [-0.05, 0) is 30.7 Å². The lowest BCUT2D eigenvalue weighted by atomic mass is 9.95. The number of hydrogen-bond donors (Lipinski definition) is 1. The number of carbonyl (C=O) groups is 1. The van der Waals surface area contributed by atoms with Crippen LogP contribution in [0.4, 0.5) is 0 Å². The summed E-state index contributed by atoms with van der Waals surface area (Å²) in [5.41, 5.74) is 0. The fraction of sp³-hybridized carbons (Fsp3) is 0.600. The van der Waals surface area contributed by atoms with Crippen LogP contribution in [-0.2, 0) is 4.79 Å². The first-order valence-corrected chi connectivity index (χ1v) is 9.27. The second-order valence-corrected chi connectivity index (χ2v) is 7.49. The minimum atomic E-state index is 0.153. The van der Waals surface area contributed by atoms with E-state index in [-0.39, 0.29) is 5.91 Å². The quantitative estimate of drug-likeness (QED) is 0.818. The number of thioether (sulfide) groups is 2. The summed E-state index contributed by atoms with van der Waals surface area (Å²) < 4.78 is 0. The zero-order valence-corrected chi connectivity index (χ0v) is 13.5. The Kier molecular flexibility index (Phi) is 6.73. The molecule has 0 radical (unpaired) electrons. The number of pyridine rings is 1. The molecule has 1 aromatic heterocycles. The number of carbonyl (C=O) groups excluding carboxylic acids is 1. The summed E-state index contributed by atoms with van der Waals surface area (Å²) in [4.78, 5) is 17.2. The molecule has 2 rings (SSSR count). The maximum absolute atomic E-state index is 12.1. The van der Waals surface area contributed by atoms with Crippen molar-refractivity contribution in [3.63, 3.8) is 0 Å². The molecule has 1 fully saturated rings. The fourth-order valence-corrected chi connectivity index (χ4v) is 4.40. The van der Waals surface area contributed by atoms with E-state index in [0.717, 1.165) is 17.1 Å². The summed E-state index contributed by atoms with van der Waals surface area (Å²) in [6.45, 7) is 2.19. The van der Waals surface area contributed by atoms with Crippen LogP contribution in [0.1, 0.15) is 32.6 Å². The summed E-state index contributed by atoms with van der Waals surface area (Å²) >= 11 is 3.56. The van der Waals surface area contributed by atoms with E-state index in [1.807, 2.05) is 23.9 Å². The van der Waals surface area contributed by atoms with Crippen molar-refractivity contribution in [1.82, 2.24) is 10.3 Å². The van der Waals surface area contributed by atoms with E-state index in [1.54, 1.807) is 24.2 Å². The lowest BCUT2D eigenvalue weighted by Gasteiger charge is -2.31. The van der Waals surface area contributed by atoms with Gasteiger partial charge < -0.3 is 5.32 Å². The third kappa shape index (κ3) is 5.02. The molecule has 1 aliphatic rings. The molecule has 1 aromatic rings. The van der Waals surface area contributed by atoms with Crippen LogP contribution in [0.2, 0.25) is 0 Å². The number of aromatic nitrogens is 1. The van der Waals surface area contributed by atoms with Crippen molar-refractivity contribution in [2.45, 2.75) is 48.8 Å². The third-order valence-corrected chi connectivity index (χ3v) is 5.79. The molecule has 0 bridgehead atoms. The van der Waals surface area contributed by atoms with Crippen LogP contribution in [0.3, 0.4) is 0 Å². The van der Waals surface area contributed by atoms with Gasteiger partial charge in [0.15, 0.2) is 0 Å². The minimum absolute atomic E-state index is 0.153. The van der Waals surface area contributed by atoms with Gasteiger partial charge in [0.2, 0.25) is 5.91 Å². The fourth-order valence-electron chi connectivity index (χ4n) is 2.51. The van der Waals surface area contributed by atoms with Crippen LogP contribution in [0.5, 0.6) is 0 Å². The van der Waals surface area contributed by atoms with Crippen LogP contribution in [-0.4, -0.2) is 33.7 Å². The third-order valence-electron chi connectivity index (χ3n) is 3.45. The van der Waals surface area contributed by atoms with Crippen LogP contribution in [0, 0.1) is 0 Å². The number of rotatable bonds is 6. The van der Waals surface area contributed by atoms with Gasteiger partial charge in [-0.2, -0.15) is 11.8 Å². The zero-order valence-electron chi connectivity index (χ0n) is 11.9. The molecule has 1 heterocycles. The zero-order chi connectivity index (χ0) is 14.2. The van der Waals surface area contributed by atoms with E-state index in [2.05, 4.69) is 17.2 Å². The predicted octanol–water partition coefficient (Wildman–Crippen LogP) is 3.35. The Morgan fingerprint density at radius 2 is 2.10 bits per heavy atom. The first-order chi connectivity index (χ1) is 9.79. The normalized spacial score (nSPS) is 22.4. The van der Waals surface area contributed by atoms with Crippen molar-refractivity contribution >= 4 is 29.4 Å². The molecule has 0 aliphatic heterocycles. The van der Waals surface area contributed by atoms with Crippen molar-refractivity contribution in [2.24, 2.45) is 0 Å². The molecular weight excluding hydrogens is 288 g/mol. The van der Waals surface area contributed by atoms with Gasteiger partial charge in [-0.1, -0.05) is 19.8 Å². The van der Waals surface area contributed by atoms with Crippen LogP contribution >= 0.6 is 23.5 Å². The van der Waals surface area contributed by atoms with Gasteiger partial charge in [-0.25, -0.2) is 0 Å². The highest BCUT2D eigenvalue weighted by Gasteiger charge is 2.26. The number of hydrogen-bond acceptors (Lipinski definition) is 4. The molecule has 20 heavy (non-hydrogen) atoms. The van der Waals surface area contributed by atoms with Gasteiger partial charge in [0, 0.05) is 28.6 Å². The second-order valence-electron chi connectivity index (χ2n) is 4.92. The SMILES string of the molecule is CCS[C@H]1CCCC[C@H]1NC(=O)CSc1ccncc1. The van der Waals surface area contributed by atoms with E-state index in [1.165, 1.54) is 19.3 Å². The van der Waals surface area contributed by atoms with E-state index in [0.29, 0.717) is 17.0 Å². The van der Waals surface area contributed by atoms with Gasteiger partial charge in [-0.15, -0.1) is 11.8 Å². The number of nitrogens with zero attached hydrogens (tertiary/aromatic N) is 1. The first-order valence-electron chi connectivity index (χ1n) is 7.23. The highest BCUT2D eigenvalue weighted by molar-refractivity contribution is 8.00. The Morgan fingerprint density at radius 1 is 1.35 bits per heavy atom. The van der Waals surface area contributed by atoms with Crippen molar-refractivity contribution in [3.8, 4) is 0 Å². The average Bonchev–Trinajstić information content (AvgIpc) is 2.49. The highest BCUT2D eigenvalue weighted by atomic mass is 32.2. The predicted molar refractivity (Wildman–Crippen MR) is 87.3 cm³/mol. The summed E-state index contributed by atoms with van der Waals surface area (Å²) in [5, 5.41) is 3.83. The van der Waals surface area contributed by atoms with Gasteiger partial charge in [0.25, 0.3) is 0 Å². The lowest BCUT2D eigenvalue weighted by molar-refractivity contribution is -0.119. The number of nitrogens with one attached hydrogen (secondary N) is 1. The van der Waals surface area contributed by atoms with Gasteiger partial charge >= 0.3 is 0 Å². The summed E-state index contributed by atoms with van der Waals surface area (Å²) in [5.74, 6) is 1.77. The molecule has 1 aliphatic carbocycles. The monoisotopic (exact) mass is 310 g/mol. The molecule has 1 N–H and O–H groups in total. The topological polar surface area (TPSA) is 42.0 Å². The molecule has 1 saturated carbocycles. The van der Waals surface area contributed by atoms with E-state index < -0.39 is 0 Å². The maximum atomic E-state index is 12.1. The molecule has 0 unspecified atom stereocenters. The molecule has 0 aromatic carbocycles. The minimum Gasteiger partial charge on any atom is -0.352 e. The van der Waals surface area contributed by atoms with E-state index >= 15 is 0 Å². The Morgan fingerprint density at radius 3 is 2.85 bits per heavy atom. The van der Waals surface area contributed by atoms with Crippen molar-refractivity contribution < 1.29 is 4.79 Å². The highest BCUT2D eigenvalue weighted by Crippen LogP contribution is 2.28. The Hall–Kier alpha value is -0.680. The average molecular weight is 310 g/mol. The molecule has 1 amide bonds.